The standard InChI is InChI=1S/C27H23NOS/c1-30(2,3)25-17-9-13-21-20-12-8-16-24(26(20)29-27(21)25)28-22-14-6-4-10-18(22)19-11-5-7-15-23(19)28/h4-17H,1-3H3. The minimum absolute atomic E-state index is 0.914. The lowest BCUT2D eigenvalue weighted by Crippen LogP contribution is -1.94. The molecule has 0 unspecified atom stereocenters. The average molecular weight is 410 g/mol. The summed E-state index contributed by atoms with van der Waals surface area (Å²) >= 11 is 0. The maximum Gasteiger partial charge on any atom is 0.159 e. The van der Waals surface area contributed by atoms with Crippen molar-refractivity contribution in [2.75, 3.05) is 18.8 Å². The van der Waals surface area contributed by atoms with Gasteiger partial charge in [-0.3, -0.25) is 0 Å². The molecule has 3 heteroatoms. The highest BCUT2D eigenvalue weighted by Crippen LogP contribution is 2.50. The summed E-state index contributed by atoms with van der Waals surface area (Å²) in [4.78, 5) is 1.32. The van der Waals surface area contributed by atoms with Crippen LogP contribution in [0.2, 0.25) is 0 Å². The van der Waals surface area contributed by atoms with Crippen LogP contribution in [0, 0.1) is 0 Å². The second-order valence-electron chi connectivity index (χ2n) is 8.60. The van der Waals surface area contributed by atoms with Gasteiger partial charge in [-0.05, 0) is 43.0 Å². The molecule has 2 aromatic heterocycles. The van der Waals surface area contributed by atoms with E-state index in [0.717, 1.165) is 16.9 Å². The first-order valence-corrected chi connectivity index (χ1v) is 13.0. The molecule has 0 saturated heterocycles. The third-order valence-electron chi connectivity index (χ3n) is 5.95. The van der Waals surface area contributed by atoms with Gasteiger partial charge in [-0.25, -0.2) is 10.0 Å². The molecule has 0 saturated carbocycles. The van der Waals surface area contributed by atoms with Crippen LogP contribution in [-0.2, 0) is 0 Å². The number of fused-ring (bicyclic) bond motifs is 6. The molecule has 0 spiro atoms. The van der Waals surface area contributed by atoms with Gasteiger partial charge in [0, 0.05) is 26.4 Å². The summed E-state index contributed by atoms with van der Waals surface area (Å²) in [5, 5.41) is 4.91. The summed E-state index contributed by atoms with van der Waals surface area (Å²) in [5.41, 5.74) is 5.48. The molecule has 0 aliphatic carbocycles. The summed E-state index contributed by atoms with van der Waals surface area (Å²) in [6, 6.07) is 30.3. The minimum Gasteiger partial charge on any atom is -0.453 e. The fourth-order valence-corrected chi connectivity index (χ4v) is 5.81. The number of hydrogen-bond acceptors (Lipinski definition) is 1. The third-order valence-corrected chi connectivity index (χ3v) is 7.59. The van der Waals surface area contributed by atoms with Gasteiger partial charge in [0.15, 0.2) is 5.58 Å². The molecular weight excluding hydrogens is 386 g/mol. The van der Waals surface area contributed by atoms with E-state index in [1.807, 2.05) is 0 Å². The van der Waals surface area contributed by atoms with Crippen molar-refractivity contribution < 1.29 is 4.42 Å². The first-order valence-electron chi connectivity index (χ1n) is 10.2. The summed E-state index contributed by atoms with van der Waals surface area (Å²) < 4.78 is 9.01. The highest BCUT2D eigenvalue weighted by molar-refractivity contribution is 8.32. The van der Waals surface area contributed by atoms with E-state index in [2.05, 4.69) is 108 Å². The first-order chi connectivity index (χ1) is 14.5. The van der Waals surface area contributed by atoms with Crippen molar-refractivity contribution in [2.45, 2.75) is 4.90 Å². The molecule has 6 aromatic rings. The molecule has 0 radical (unpaired) electrons. The van der Waals surface area contributed by atoms with E-state index < -0.39 is 10.0 Å². The number of aromatic nitrogens is 1. The SMILES string of the molecule is CS(C)(C)c1cccc2c1oc1c(-n3c4ccccc4c4ccccc43)cccc12. The van der Waals surface area contributed by atoms with Gasteiger partial charge in [-0.2, -0.15) is 0 Å². The van der Waals surface area contributed by atoms with Crippen LogP contribution in [-0.4, -0.2) is 23.3 Å². The van der Waals surface area contributed by atoms with Crippen LogP contribution in [0.5, 0.6) is 0 Å². The Morgan fingerprint density at radius 1 is 0.567 bits per heavy atom. The molecule has 30 heavy (non-hydrogen) atoms. The number of hydrogen-bond donors (Lipinski definition) is 0. The maximum atomic E-state index is 6.66. The van der Waals surface area contributed by atoms with Gasteiger partial charge >= 0.3 is 0 Å². The van der Waals surface area contributed by atoms with Crippen LogP contribution in [0.3, 0.4) is 0 Å². The summed E-state index contributed by atoms with van der Waals surface area (Å²) in [6.07, 6.45) is 6.97. The third kappa shape index (κ3) is 2.39. The molecule has 0 amide bonds. The minimum atomic E-state index is -0.914. The van der Waals surface area contributed by atoms with Gasteiger partial charge in [0.25, 0.3) is 0 Å². The summed E-state index contributed by atoms with van der Waals surface area (Å²) in [7, 11) is -0.914. The molecule has 0 N–H and O–H groups in total. The van der Waals surface area contributed by atoms with Crippen molar-refractivity contribution in [3.63, 3.8) is 0 Å². The van der Waals surface area contributed by atoms with Gasteiger partial charge in [-0.15, -0.1) is 0 Å². The quantitative estimate of drug-likeness (QED) is 0.286. The number of benzene rings is 4. The van der Waals surface area contributed by atoms with Crippen LogP contribution in [0.4, 0.5) is 0 Å². The number of furan rings is 1. The van der Waals surface area contributed by atoms with Crippen molar-refractivity contribution in [2.24, 2.45) is 0 Å². The van der Waals surface area contributed by atoms with Gasteiger partial charge in [0.05, 0.1) is 16.7 Å². The molecule has 0 aliphatic heterocycles. The van der Waals surface area contributed by atoms with E-state index >= 15 is 0 Å². The van der Waals surface area contributed by atoms with E-state index in [4.69, 9.17) is 4.42 Å². The molecule has 0 aliphatic rings. The van der Waals surface area contributed by atoms with Crippen molar-refractivity contribution in [1.82, 2.24) is 4.57 Å². The zero-order valence-electron chi connectivity index (χ0n) is 17.3. The van der Waals surface area contributed by atoms with Crippen LogP contribution in [0.15, 0.2) is 94.2 Å². The fraction of sp³-hybridized carbons (Fsp3) is 0.111. The zero-order chi connectivity index (χ0) is 20.5. The largest absolute Gasteiger partial charge is 0.453 e. The van der Waals surface area contributed by atoms with Crippen molar-refractivity contribution >= 4 is 53.8 Å². The number of rotatable bonds is 2. The molecular formula is C27H23NOS. The van der Waals surface area contributed by atoms with Gasteiger partial charge in [0.2, 0.25) is 0 Å². The van der Waals surface area contributed by atoms with E-state index in [1.54, 1.807) is 0 Å². The number of nitrogens with zero attached hydrogens (tertiary/aromatic N) is 1. The van der Waals surface area contributed by atoms with E-state index in [0.29, 0.717) is 0 Å². The molecule has 2 heterocycles. The Morgan fingerprint density at radius 3 is 1.73 bits per heavy atom. The predicted octanol–water partition coefficient (Wildman–Crippen LogP) is 7.74. The molecule has 2 nitrogen and oxygen atoms in total. The Bertz CT molecular complexity index is 1530. The second kappa shape index (κ2) is 6.16. The molecule has 6 rings (SSSR count). The van der Waals surface area contributed by atoms with E-state index in [9.17, 15) is 0 Å². The van der Waals surface area contributed by atoms with Crippen molar-refractivity contribution in [3.8, 4) is 5.69 Å². The Kier molecular flexibility index (Phi) is 3.63. The molecule has 4 aromatic carbocycles. The first kappa shape index (κ1) is 17.7. The van der Waals surface area contributed by atoms with Crippen LogP contribution < -0.4 is 0 Å². The maximum absolute atomic E-state index is 6.66. The average Bonchev–Trinajstić information content (AvgIpc) is 3.29. The molecule has 148 valence electrons. The number of para-hydroxylation sites is 4. The summed E-state index contributed by atoms with van der Waals surface area (Å²) in [6.45, 7) is 0. The molecule has 0 bridgehead atoms. The topological polar surface area (TPSA) is 18.1 Å². The van der Waals surface area contributed by atoms with E-state index in [-0.39, 0.29) is 0 Å². The molecule has 0 atom stereocenters. The van der Waals surface area contributed by atoms with E-state index in [1.165, 1.54) is 37.5 Å². The lowest BCUT2D eigenvalue weighted by Gasteiger charge is -2.25. The van der Waals surface area contributed by atoms with Crippen molar-refractivity contribution in [1.29, 1.82) is 0 Å². The van der Waals surface area contributed by atoms with Gasteiger partial charge < -0.3 is 8.98 Å². The van der Waals surface area contributed by atoms with Gasteiger partial charge in [-0.1, -0.05) is 60.7 Å². The van der Waals surface area contributed by atoms with Crippen LogP contribution in [0.1, 0.15) is 0 Å². The van der Waals surface area contributed by atoms with Crippen LogP contribution in [0.25, 0.3) is 49.4 Å². The zero-order valence-corrected chi connectivity index (χ0v) is 18.2. The van der Waals surface area contributed by atoms with Crippen molar-refractivity contribution in [3.05, 3.63) is 84.9 Å². The lowest BCUT2D eigenvalue weighted by molar-refractivity contribution is 0.657. The Morgan fingerprint density at radius 2 is 1.10 bits per heavy atom. The highest BCUT2D eigenvalue weighted by Gasteiger charge is 2.20. The van der Waals surface area contributed by atoms with Crippen LogP contribution >= 0.6 is 10.0 Å². The monoisotopic (exact) mass is 409 g/mol. The highest BCUT2D eigenvalue weighted by atomic mass is 32.3. The second-order valence-corrected chi connectivity index (χ2v) is 12.7. The van der Waals surface area contributed by atoms with Gasteiger partial charge in [0.1, 0.15) is 5.58 Å². The lowest BCUT2D eigenvalue weighted by atomic mass is 10.1. The Hall–Kier alpha value is -3.17. The Balaban J connectivity index is 1.79. The normalized spacial score (nSPS) is 13.0. The molecule has 0 fully saturated rings. The Labute approximate surface area is 177 Å². The predicted molar refractivity (Wildman–Crippen MR) is 132 cm³/mol. The fourth-order valence-electron chi connectivity index (χ4n) is 4.62. The smallest absolute Gasteiger partial charge is 0.159 e. The summed E-state index contributed by atoms with van der Waals surface area (Å²) in [5.74, 6) is 0.